The molecule has 2 N–H and O–H groups in total. The van der Waals surface area contributed by atoms with Gasteiger partial charge in [-0.2, -0.15) is 5.10 Å². The molecule has 0 unspecified atom stereocenters. The number of benzene rings is 2. The van der Waals surface area contributed by atoms with E-state index in [1.54, 1.807) is 18.2 Å². The number of aromatic hydroxyl groups is 1. The van der Waals surface area contributed by atoms with Crippen molar-refractivity contribution in [2.24, 2.45) is 5.10 Å². The van der Waals surface area contributed by atoms with Crippen LogP contribution in [0.15, 0.2) is 41.5 Å². The summed E-state index contributed by atoms with van der Waals surface area (Å²) >= 11 is 2.08. The first kappa shape index (κ1) is 17.7. The summed E-state index contributed by atoms with van der Waals surface area (Å²) < 4.78 is 6.00. The number of hydrazone groups is 1. The van der Waals surface area contributed by atoms with Crippen molar-refractivity contribution in [1.82, 2.24) is 5.43 Å². The smallest absolute Gasteiger partial charge is 0.271 e. The second-order valence-corrected chi connectivity index (χ2v) is 5.71. The van der Waals surface area contributed by atoms with Crippen LogP contribution >= 0.6 is 22.6 Å². The van der Waals surface area contributed by atoms with Gasteiger partial charge >= 0.3 is 0 Å². The minimum Gasteiger partial charge on any atom is -0.507 e. The number of carbonyl (C=O) groups excluding carboxylic acids is 1. The zero-order valence-electron chi connectivity index (χ0n) is 12.4. The molecule has 9 heteroatoms. The number of carbonyl (C=O) groups is 1. The van der Waals surface area contributed by atoms with E-state index in [4.69, 9.17) is 4.74 Å². The Hall–Kier alpha value is -2.69. The van der Waals surface area contributed by atoms with Crippen molar-refractivity contribution in [3.05, 3.63) is 61.2 Å². The fraction of sp³-hybridized carbons (Fsp3) is 0.0667. The Morgan fingerprint density at radius 2 is 2.12 bits per heavy atom. The van der Waals surface area contributed by atoms with E-state index < -0.39 is 10.8 Å². The van der Waals surface area contributed by atoms with Crippen LogP contribution in [0.5, 0.6) is 11.5 Å². The van der Waals surface area contributed by atoms with Crippen LogP contribution in [0.4, 0.5) is 5.69 Å². The Morgan fingerprint density at radius 1 is 1.38 bits per heavy atom. The summed E-state index contributed by atoms with van der Waals surface area (Å²) in [5.41, 5.74) is 2.55. The van der Waals surface area contributed by atoms with E-state index in [-0.39, 0.29) is 17.0 Å². The Kier molecular flexibility index (Phi) is 5.68. The van der Waals surface area contributed by atoms with Crippen LogP contribution in [0.1, 0.15) is 15.9 Å². The lowest BCUT2D eigenvalue weighted by molar-refractivity contribution is -0.384. The molecular weight excluding hydrogens is 429 g/mol. The molecule has 0 aliphatic rings. The van der Waals surface area contributed by atoms with Gasteiger partial charge < -0.3 is 9.84 Å². The summed E-state index contributed by atoms with van der Waals surface area (Å²) in [4.78, 5) is 22.1. The lowest BCUT2D eigenvalue weighted by atomic mass is 10.2. The number of amides is 1. The van der Waals surface area contributed by atoms with Crippen molar-refractivity contribution >= 4 is 40.4 Å². The maximum atomic E-state index is 12.0. The van der Waals surface area contributed by atoms with Crippen LogP contribution in [-0.2, 0) is 0 Å². The molecule has 8 nitrogen and oxygen atoms in total. The fourth-order valence-electron chi connectivity index (χ4n) is 1.78. The quantitative estimate of drug-likeness (QED) is 0.321. The molecule has 0 radical (unpaired) electrons. The third-order valence-corrected chi connectivity index (χ3v) is 3.90. The van der Waals surface area contributed by atoms with Crippen LogP contribution in [0, 0.1) is 13.7 Å². The van der Waals surface area contributed by atoms with Crippen LogP contribution in [0.3, 0.4) is 0 Å². The van der Waals surface area contributed by atoms with E-state index in [9.17, 15) is 20.0 Å². The molecule has 0 saturated carbocycles. The molecule has 124 valence electrons. The Morgan fingerprint density at radius 3 is 2.79 bits per heavy atom. The van der Waals surface area contributed by atoms with Gasteiger partial charge in [0.1, 0.15) is 11.5 Å². The molecule has 24 heavy (non-hydrogen) atoms. The monoisotopic (exact) mass is 441 g/mol. The van der Waals surface area contributed by atoms with Gasteiger partial charge in [0, 0.05) is 23.3 Å². The number of nitro groups is 1. The van der Waals surface area contributed by atoms with Gasteiger partial charge in [0.2, 0.25) is 0 Å². The number of non-ortho nitro benzene ring substituents is 1. The zero-order chi connectivity index (χ0) is 17.7. The van der Waals surface area contributed by atoms with E-state index in [1.165, 1.54) is 19.2 Å². The van der Waals surface area contributed by atoms with Crippen LogP contribution < -0.4 is 10.2 Å². The molecule has 0 aliphatic carbocycles. The first-order valence-corrected chi connectivity index (χ1v) is 7.64. The van der Waals surface area contributed by atoms with Crippen LogP contribution in [0.2, 0.25) is 0 Å². The first-order chi connectivity index (χ1) is 11.4. The third kappa shape index (κ3) is 4.19. The van der Waals surface area contributed by atoms with Gasteiger partial charge in [-0.3, -0.25) is 14.9 Å². The molecule has 1 amide bonds. The predicted molar refractivity (Wildman–Crippen MR) is 95.5 cm³/mol. The number of nitrogens with zero attached hydrogens (tertiary/aromatic N) is 2. The number of hydrogen-bond donors (Lipinski definition) is 2. The van der Waals surface area contributed by atoms with Gasteiger partial charge in [-0.25, -0.2) is 5.43 Å². The maximum Gasteiger partial charge on any atom is 0.271 e. The molecule has 0 bridgehead atoms. The molecular formula is C15H12IN3O5. The topological polar surface area (TPSA) is 114 Å². The SMILES string of the molecule is COc1cc(C(=O)N/N=C/c2cc([N+](=O)[O-])ccc2O)ccc1I. The number of hydrogen-bond acceptors (Lipinski definition) is 6. The molecule has 0 atom stereocenters. The van der Waals surface area contributed by atoms with Crippen LogP contribution in [-0.4, -0.2) is 29.3 Å². The number of ether oxygens (including phenoxy) is 1. The Bertz CT molecular complexity index is 823. The van der Waals surface area contributed by atoms with E-state index in [0.717, 1.165) is 15.9 Å². The molecule has 0 aromatic heterocycles. The van der Waals surface area contributed by atoms with Gasteiger partial charge in [0.15, 0.2) is 0 Å². The van der Waals surface area contributed by atoms with E-state index in [2.05, 4.69) is 33.1 Å². The highest BCUT2D eigenvalue weighted by Crippen LogP contribution is 2.22. The van der Waals surface area contributed by atoms with Crippen molar-refractivity contribution in [2.75, 3.05) is 7.11 Å². The normalized spacial score (nSPS) is 10.6. The minimum absolute atomic E-state index is 0.115. The standard InChI is InChI=1S/C15H12IN3O5/c1-24-14-7-9(2-4-12(14)16)15(21)18-17-8-10-6-11(19(22)23)3-5-13(10)20/h2-8,20H,1H3,(H,18,21)/b17-8+. The summed E-state index contributed by atoms with van der Waals surface area (Å²) in [6.45, 7) is 0. The van der Waals surface area contributed by atoms with E-state index >= 15 is 0 Å². The average Bonchev–Trinajstić information content (AvgIpc) is 2.56. The highest BCUT2D eigenvalue weighted by molar-refractivity contribution is 14.1. The van der Waals surface area contributed by atoms with Crippen molar-refractivity contribution in [3.63, 3.8) is 0 Å². The van der Waals surface area contributed by atoms with Gasteiger partial charge in [-0.1, -0.05) is 0 Å². The molecule has 0 saturated heterocycles. The zero-order valence-corrected chi connectivity index (χ0v) is 14.6. The molecule has 2 rings (SSSR count). The van der Waals surface area contributed by atoms with E-state index in [0.29, 0.717) is 11.3 Å². The van der Waals surface area contributed by atoms with Crippen molar-refractivity contribution in [1.29, 1.82) is 0 Å². The summed E-state index contributed by atoms with van der Waals surface area (Å²) in [7, 11) is 1.50. The third-order valence-electron chi connectivity index (χ3n) is 3.00. The first-order valence-electron chi connectivity index (χ1n) is 6.56. The summed E-state index contributed by atoms with van der Waals surface area (Å²) in [5.74, 6) is -0.107. The van der Waals surface area contributed by atoms with Crippen molar-refractivity contribution < 1.29 is 19.6 Å². The molecule has 0 heterocycles. The van der Waals surface area contributed by atoms with Gasteiger partial charge in [-0.05, 0) is 46.9 Å². The highest BCUT2D eigenvalue weighted by atomic mass is 127. The van der Waals surface area contributed by atoms with E-state index in [1.807, 2.05) is 0 Å². The number of nitro benzene ring substituents is 1. The van der Waals surface area contributed by atoms with Crippen molar-refractivity contribution in [2.45, 2.75) is 0 Å². The second kappa shape index (κ2) is 7.73. The molecule has 2 aromatic rings. The number of rotatable bonds is 5. The summed E-state index contributed by atoms with van der Waals surface area (Å²) in [6, 6.07) is 8.41. The predicted octanol–water partition coefficient (Wildman–Crippen LogP) is 2.68. The number of halogens is 1. The number of phenolic OH excluding ortho intramolecular Hbond substituents is 1. The highest BCUT2D eigenvalue weighted by Gasteiger charge is 2.10. The largest absolute Gasteiger partial charge is 0.507 e. The summed E-state index contributed by atoms with van der Waals surface area (Å²) in [6.07, 6.45) is 1.13. The van der Waals surface area contributed by atoms with Gasteiger partial charge in [0.05, 0.1) is 21.8 Å². The summed E-state index contributed by atoms with van der Waals surface area (Å²) in [5, 5.41) is 24.1. The Labute approximate surface area is 150 Å². The Balaban J connectivity index is 2.13. The molecule has 0 spiro atoms. The lowest BCUT2D eigenvalue weighted by Gasteiger charge is -2.05. The lowest BCUT2D eigenvalue weighted by Crippen LogP contribution is -2.17. The maximum absolute atomic E-state index is 12.0. The average molecular weight is 441 g/mol. The molecule has 2 aromatic carbocycles. The minimum atomic E-state index is -0.590. The number of methoxy groups -OCH3 is 1. The second-order valence-electron chi connectivity index (χ2n) is 4.55. The van der Waals surface area contributed by atoms with Crippen molar-refractivity contribution in [3.8, 4) is 11.5 Å². The molecule has 0 fully saturated rings. The van der Waals surface area contributed by atoms with Gasteiger partial charge in [-0.15, -0.1) is 0 Å². The van der Waals surface area contributed by atoms with Gasteiger partial charge in [0.25, 0.3) is 11.6 Å². The number of nitrogens with one attached hydrogen (secondary N) is 1. The fourth-order valence-corrected chi connectivity index (χ4v) is 2.34. The molecule has 0 aliphatic heterocycles. The number of phenols is 1. The van der Waals surface area contributed by atoms with Crippen LogP contribution in [0.25, 0.3) is 0 Å².